The molecule has 174 valence electrons. The van der Waals surface area contributed by atoms with Crippen LogP contribution in [-0.4, -0.2) is 62.2 Å². The van der Waals surface area contributed by atoms with Crippen molar-refractivity contribution in [3.8, 4) is 0 Å². The fraction of sp³-hybridized carbons (Fsp3) is 0.360. The first-order valence-electron chi connectivity index (χ1n) is 11.2. The minimum absolute atomic E-state index is 0.498. The Morgan fingerprint density at radius 3 is 2.67 bits per heavy atom. The van der Waals surface area contributed by atoms with Gasteiger partial charge in [-0.3, -0.25) is 0 Å². The van der Waals surface area contributed by atoms with Gasteiger partial charge >= 0.3 is 0 Å². The molecule has 0 bridgehead atoms. The summed E-state index contributed by atoms with van der Waals surface area (Å²) in [6, 6.07) is 6.26. The standard InChI is InChI=1S/C25H32ClN7/c1-17(27-3)6-7-19-14-20-15-21(8-9-23(20)32(5)18(19)2)29-24-22(26)16-28-25(30-24)33-12-10-31(4)11-13-33/h8-9,14-16,27H,1-2,6-7,10-13H2,3-5H3,(H,28,29,30). The molecule has 0 spiro atoms. The highest BCUT2D eigenvalue weighted by atomic mass is 35.5. The normalized spacial score (nSPS) is 16.4. The third kappa shape index (κ3) is 5.15. The predicted octanol–water partition coefficient (Wildman–Crippen LogP) is 4.49. The lowest BCUT2D eigenvalue weighted by atomic mass is 9.96. The van der Waals surface area contributed by atoms with Crippen molar-refractivity contribution in [1.82, 2.24) is 20.2 Å². The minimum atomic E-state index is 0.498. The van der Waals surface area contributed by atoms with Crippen molar-refractivity contribution in [3.63, 3.8) is 0 Å². The van der Waals surface area contributed by atoms with Gasteiger partial charge in [0.25, 0.3) is 0 Å². The number of aromatic nitrogens is 2. The van der Waals surface area contributed by atoms with Crippen molar-refractivity contribution < 1.29 is 0 Å². The smallest absolute Gasteiger partial charge is 0.227 e. The second kappa shape index (κ2) is 9.85. The summed E-state index contributed by atoms with van der Waals surface area (Å²) in [5.41, 5.74) is 6.41. The van der Waals surface area contributed by atoms with Crippen LogP contribution in [0.3, 0.4) is 0 Å². The number of benzene rings is 1. The van der Waals surface area contributed by atoms with Gasteiger partial charge in [-0.1, -0.05) is 24.8 Å². The van der Waals surface area contributed by atoms with Gasteiger partial charge in [0.15, 0.2) is 5.82 Å². The topological polar surface area (TPSA) is 59.6 Å². The van der Waals surface area contributed by atoms with Crippen LogP contribution in [-0.2, 0) is 0 Å². The summed E-state index contributed by atoms with van der Waals surface area (Å²) in [5, 5.41) is 7.01. The number of likely N-dealkylation sites (N-methyl/N-ethyl adjacent to an activating group) is 2. The van der Waals surface area contributed by atoms with E-state index < -0.39 is 0 Å². The lowest BCUT2D eigenvalue weighted by Crippen LogP contribution is -2.45. The van der Waals surface area contributed by atoms with Crippen LogP contribution in [0.25, 0.3) is 6.08 Å². The molecule has 3 heterocycles. The molecule has 2 aliphatic rings. The second-order valence-electron chi connectivity index (χ2n) is 8.58. The van der Waals surface area contributed by atoms with Crippen LogP contribution in [0.5, 0.6) is 0 Å². The van der Waals surface area contributed by atoms with E-state index in [1.165, 1.54) is 5.57 Å². The number of nitrogens with zero attached hydrogens (tertiary/aromatic N) is 5. The Kier molecular flexibility index (Phi) is 6.91. The zero-order chi connectivity index (χ0) is 23.5. The van der Waals surface area contributed by atoms with Gasteiger partial charge in [0.1, 0.15) is 5.02 Å². The molecular weight excluding hydrogens is 434 g/mol. The maximum atomic E-state index is 6.44. The van der Waals surface area contributed by atoms with Crippen LogP contribution in [0.1, 0.15) is 18.4 Å². The van der Waals surface area contributed by atoms with E-state index in [2.05, 4.69) is 75.8 Å². The molecule has 4 rings (SSSR count). The minimum Gasteiger partial charge on any atom is -0.392 e. The van der Waals surface area contributed by atoms with Crippen molar-refractivity contribution in [2.45, 2.75) is 12.8 Å². The van der Waals surface area contributed by atoms with Crippen molar-refractivity contribution in [2.75, 3.05) is 62.4 Å². The quantitative estimate of drug-likeness (QED) is 0.624. The van der Waals surface area contributed by atoms with Gasteiger partial charge in [-0.25, -0.2) is 4.98 Å². The van der Waals surface area contributed by atoms with Crippen LogP contribution in [0.4, 0.5) is 23.1 Å². The number of allylic oxidation sites excluding steroid dienone is 2. The molecule has 7 nitrogen and oxygen atoms in total. The van der Waals surface area contributed by atoms with Crippen LogP contribution in [0.2, 0.25) is 5.02 Å². The number of hydrogen-bond donors (Lipinski definition) is 2. The molecule has 0 amide bonds. The molecule has 0 atom stereocenters. The summed E-state index contributed by atoms with van der Waals surface area (Å²) >= 11 is 6.44. The van der Waals surface area contributed by atoms with E-state index in [1.807, 2.05) is 13.1 Å². The Morgan fingerprint density at radius 2 is 1.94 bits per heavy atom. The fourth-order valence-corrected chi connectivity index (χ4v) is 4.19. The number of fused-ring (bicyclic) bond motifs is 1. The molecule has 8 heteroatoms. The molecule has 1 fully saturated rings. The van der Waals surface area contributed by atoms with Gasteiger partial charge in [0.2, 0.25) is 5.95 Å². The second-order valence-corrected chi connectivity index (χ2v) is 8.99. The number of anilines is 4. The third-order valence-corrected chi connectivity index (χ3v) is 6.60. The molecule has 2 N–H and O–H groups in total. The lowest BCUT2D eigenvalue weighted by Gasteiger charge is -2.32. The summed E-state index contributed by atoms with van der Waals surface area (Å²) < 4.78 is 0. The Morgan fingerprint density at radius 1 is 1.18 bits per heavy atom. The lowest BCUT2D eigenvalue weighted by molar-refractivity contribution is 0.311. The first-order valence-corrected chi connectivity index (χ1v) is 11.6. The number of halogens is 1. The number of rotatable bonds is 7. The highest BCUT2D eigenvalue weighted by Crippen LogP contribution is 2.37. The average Bonchev–Trinajstić information content (AvgIpc) is 2.82. The molecule has 2 aliphatic heterocycles. The van der Waals surface area contributed by atoms with E-state index in [0.29, 0.717) is 16.8 Å². The zero-order valence-electron chi connectivity index (χ0n) is 19.7. The van der Waals surface area contributed by atoms with Gasteiger partial charge in [0.05, 0.1) is 6.20 Å². The summed E-state index contributed by atoms with van der Waals surface area (Å²) in [7, 11) is 6.09. The predicted molar refractivity (Wildman–Crippen MR) is 139 cm³/mol. The monoisotopic (exact) mass is 465 g/mol. The SMILES string of the molecule is C=C(CCC1=Cc2cc(Nc3nc(N4CCN(C)CC4)ncc3Cl)ccc2N(C)C1=C)NC. The van der Waals surface area contributed by atoms with E-state index >= 15 is 0 Å². The number of piperazine rings is 1. The molecule has 1 saturated heterocycles. The van der Waals surface area contributed by atoms with E-state index in [9.17, 15) is 0 Å². The van der Waals surface area contributed by atoms with Gasteiger partial charge in [-0.05, 0) is 49.7 Å². The maximum absolute atomic E-state index is 6.44. The van der Waals surface area contributed by atoms with Crippen molar-refractivity contribution in [3.05, 3.63) is 65.1 Å². The summed E-state index contributed by atoms with van der Waals surface area (Å²) in [6.45, 7) is 12.1. The van der Waals surface area contributed by atoms with E-state index in [1.54, 1.807) is 6.20 Å². The first kappa shape index (κ1) is 23.1. The highest BCUT2D eigenvalue weighted by molar-refractivity contribution is 6.32. The number of nitrogens with one attached hydrogen (secondary N) is 2. The molecule has 1 aromatic carbocycles. The summed E-state index contributed by atoms with van der Waals surface area (Å²) in [5.74, 6) is 1.32. The molecule has 0 saturated carbocycles. The summed E-state index contributed by atoms with van der Waals surface area (Å²) in [6.07, 6.45) is 5.64. The zero-order valence-corrected chi connectivity index (χ0v) is 20.4. The Bertz CT molecular complexity index is 1090. The summed E-state index contributed by atoms with van der Waals surface area (Å²) in [4.78, 5) is 15.8. The van der Waals surface area contributed by atoms with Crippen molar-refractivity contribution in [1.29, 1.82) is 0 Å². The fourth-order valence-electron chi connectivity index (χ4n) is 4.05. The molecular formula is C25H32ClN7. The Hall–Kier alpha value is -3.03. The van der Waals surface area contributed by atoms with Crippen LogP contribution in [0.15, 0.2) is 54.5 Å². The molecule has 33 heavy (non-hydrogen) atoms. The first-order chi connectivity index (χ1) is 15.9. The van der Waals surface area contributed by atoms with Gasteiger partial charge < -0.3 is 25.3 Å². The molecule has 1 aromatic heterocycles. The van der Waals surface area contributed by atoms with Crippen LogP contribution >= 0.6 is 11.6 Å². The third-order valence-electron chi connectivity index (χ3n) is 6.32. The van der Waals surface area contributed by atoms with Gasteiger partial charge in [-0.2, -0.15) is 4.98 Å². The van der Waals surface area contributed by atoms with Crippen molar-refractivity contribution >= 4 is 40.8 Å². The molecule has 2 aromatic rings. The van der Waals surface area contributed by atoms with Crippen molar-refractivity contribution in [2.24, 2.45) is 0 Å². The Balaban J connectivity index is 1.56. The highest BCUT2D eigenvalue weighted by Gasteiger charge is 2.20. The van der Waals surface area contributed by atoms with Crippen LogP contribution < -0.4 is 20.4 Å². The van der Waals surface area contributed by atoms with Crippen LogP contribution in [0, 0.1) is 0 Å². The average molecular weight is 466 g/mol. The van der Waals surface area contributed by atoms with E-state index in [-0.39, 0.29) is 0 Å². The largest absolute Gasteiger partial charge is 0.392 e. The maximum Gasteiger partial charge on any atom is 0.227 e. The van der Waals surface area contributed by atoms with E-state index in [4.69, 9.17) is 16.6 Å². The number of hydrogen-bond acceptors (Lipinski definition) is 7. The molecule has 0 radical (unpaired) electrons. The Labute approximate surface area is 201 Å². The van der Waals surface area contributed by atoms with E-state index in [0.717, 1.165) is 67.4 Å². The van der Waals surface area contributed by atoms with Gasteiger partial charge in [-0.15, -0.1) is 0 Å². The molecule has 0 unspecified atom stereocenters. The van der Waals surface area contributed by atoms with Gasteiger partial charge in [0, 0.05) is 68.6 Å². The molecule has 0 aliphatic carbocycles.